The normalized spacial score (nSPS) is 19.6. The van der Waals surface area contributed by atoms with Crippen molar-refractivity contribution < 1.29 is 4.42 Å². The molecule has 2 fully saturated rings. The van der Waals surface area contributed by atoms with Crippen LogP contribution in [0.1, 0.15) is 18.7 Å². The molecule has 30 heavy (non-hydrogen) atoms. The molecule has 2 aliphatic rings. The summed E-state index contributed by atoms with van der Waals surface area (Å²) in [6, 6.07) is 12.0. The van der Waals surface area contributed by atoms with Crippen LogP contribution in [-0.2, 0) is 0 Å². The number of nitrogens with zero attached hydrogens (tertiary/aromatic N) is 5. The molecule has 4 aromatic rings. The van der Waals surface area contributed by atoms with Crippen molar-refractivity contribution in [2.75, 3.05) is 31.1 Å². The molecule has 0 amide bonds. The summed E-state index contributed by atoms with van der Waals surface area (Å²) >= 11 is 0. The molecule has 1 aromatic carbocycles. The highest BCUT2D eigenvalue weighted by Gasteiger charge is 2.30. The number of fused-ring (bicyclic) bond motifs is 3. The number of rotatable bonds is 2. The number of pyridine rings is 1. The number of anilines is 1. The molecule has 6 rings (SSSR count). The SMILES string of the molecule is Cc1nc2ccc(-c3cc(=O)n4cc(N5CCN6CCC[C@@H]6C5)ccc4n3)cc2o1. The van der Waals surface area contributed by atoms with Crippen molar-refractivity contribution in [3.63, 3.8) is 0 Å². The molecule has 0 unspecified atom stereocenters. The van der Waals surface area contributed by atoms with Gasteiger partial charge in [0.05, 0.1) is 11.4 Å². The van der Waals surface area contributed by atoms with Crippen LogP contribution in [0.2, 0.25) is 0 Å². The topological polar surface area (TPSA) is 66.9 Å². The third kappa shape index (κ3) is 2.89. The third-order valence-electron chi connectivity index (χ3n) is 6.39. The summed E-state index contributed by atoms with van der Waals surface area (Å²) in [5.41, 5.74) is 4.65. The zero-order valence-corrected chi connectivity index (χ0v) is 16.9. The van der Waals surface area contributed by atoms with Gasteiger partial charge >= 0.3 is 0 Å². The van der Waals surface area contributed by atoms with Crippen LogP contribution in [0, 0.1) is 6.92 Å². The highest BCUT2D eigenvalue weighted by molar-refractivity contribution is 5.79. The van der Waals surface area contributed by atoms with Crippen LogP contribution in [0.5, 0.6) is 0 Å². The number of aryl methyl sites for hydroxylation is 1. The molecular weight excluding hydrogens is 378 g/mol. The smallest absolute Gasteiger partial charge is 0.258 e. The molecule has 0 spiro atoms. The highest BCUT2D eigenvalue weighted by Crippen LogP contribution is 2.26. The summed E-state index contributed by atoms with van der Waals surface area (Å²) in [6.07, 6.45) is 4.49. The quantitative estimate of drug-likeness (QED) is 0.514. The van der Waals surface area contributed by atoms with Crippen molar-refractivity contribution in [3.05, 3.63) is 58.8 Å². The zero-order valence-electron chi connectivity index (χ0n) is 16.9. The minimum absolute atomic E-state index is 0.0785. The van der Waals surface area contributed by atoms with E-state index in [1.165, 1.54) is 19.4 Å². The van der Waals surface area contributed by atoms with Crippen LogP contribution in [0.15, 0.2) is 51.8 Å². The molecule has 0 N–H and O–H groups in total. The lowest BCUT2D eigenvalue weighted by molar-refractivity contribution is 0.231. The van der Waals surface area contributed by atoms with Gasteiger partial charge in [0, 0.05) is 50.4 Å². The van der Waals surface area contributed by atoms with E-state index in [0.29, 0.717) is 28.9 Å². The maximum Gasteiger partial charge on any atom is 0.258 e. The van der Waals surface area contributed by atoms with Crippen LogP contribution in [0.25, 0.3) is 28.0 Å². The molecular formula is C23H23N5O2. The summed E-state index contributed by atoms with van der Waals surface area (Å²) < 4.78 is 7.28. The number of benzene rings is 1. The van der Waals surface area contributed by atoms with Gasteiger partial charge in [0.15, 0.2) is 11.5 Å². The van der Waals surface area contributed by atoms with Crippen molar-refractivity contribution in [2.45, 2.75) is 25.8 Å². The molecule has 0 aliphatic carbocycles. The Hall–Kier alpha value is -3.19. The Morgan fingerprint density at radius 1 is 1.07 bits per heavy atom. The van der Waals surface area contributed by atoms with Gasteiger partial charge in [-0.05, 0) is 43.7 Å². The number of hydrogen-bond acceptors (Lipinski definition) is 6. The Morgan fingerprint density at radius 2 is 2.00 bits per heavy atom. The van der Waals surface area contributed by atoms with Crippen LogP contribution in [-0.4, -0.2) is 51.5 Å². The Balaban J connectivity index is 1.36. The molecule has 2 saturated heterocycles. The minimum Gasteiger partial charge on any atom is -0.441 e. The first-order valence-corrected chi connectivity index (χ1v) is 10.5. The Morgan fingerprint density at radius 3 is 2.93 bits per heavy atom. The van der Waals surface area contributed by atoms with E-state index in [-0.39, 0.29) is 5.56 Å². The fourth-order valence-corrected chi connectivity index (χ4v) is 4.85. The molecule has 3 aromatic heterocycles. The van der Waals surface area contributed by atoms with E-state index in [0.717, 1.165) is 36.4 Å². The van der Waals surface area contributed by atoms with E-state index in [1.807, 2.05) is 37.4 Å². The van der Waals surface area contributed by atoms with E-state index in [1.54, 1.807) is 10.5 Å². The maximum atomic E-state index is 12.9. The van der Waals surface area contributed by atoms with Crippen LogP contribution in [0.3, 0.4) is 0 Å². The molecule has 0 bridgehead atoms. The van der Waals surface area contributed by atoms with Crippen molar-refractivity contribution in [1.82, 2.24) is 19.3 Å². The molecule has 7 nitrogen and oxygen atoms in total. The first-order valence-electron chi connectivity index (χ1n) is 10.5. The molecule has 7 heteroatoms. The van der Waals surface area contributed by atoms with E-state index in [2.05, 4.69) is 20.9 Å². The predicted octanol–water partition coefficient (Wildman–Crippen LogP) is 3.10. The van der Waals surface area contributed by atoms with Crippen molar-refractivity contribution in [1.29, 1.82) is 0 Å². The lowest BCUT2D eigenvalue weighted by atomic mass is 10.1. The second-order valence-corrected chi connectivity index (χ2v) is 8.29. The Labute approximate surface area is 173 Å². The second-order valence-electron chi connectivity index (χ2n) is 8.29. The predicted molar refractivity (Wildman–Crippen MR) is 116 cm³/mol. The summed E-state index contributed by atoms with van der Waals surface area (Å²) in [5, 5.41) is 0. The zero-order chi connectivity index (χ0) is 20.2. The van der Waals surface area contributed by atoms with Crippen LogP contribution < -0.4 is 10.5 Å². The van der Waals surface area contributed by atoms with E-state index in [9.17, 15) is 4.79 Å². The van der Waals surface area contributed by atoms with Gasteiger partial charge in [0.25, 0.3) is 5.56 Å². The lowest BCUT2D eigenvalue weighted by Crippen LogP contribution is -2.50. The summed E-state index contributed by atoms with van der Waals surface area (Å²) in [7, 11) is 0. The Bertz CT molecular complexity index is 1320. The standard InChI is InChI=1S/C23H23N5O2/c1-15-24-19-6-4-16(11-21(19)30-15)20-12-23(29)28-14-18(5-7-22(28)25-20)27-10-9-26-8-2-3-17(26)13-27/h4-7,11-12,14,17H,2-3,8-10,13H2,1H3/t17-/m1/s1. The lowest BCUT2D eigenvalue weighted by Gasteiger charge is -2.38. The van der Waals surface area contributed by atoms with Gasteiger partial charge < -0.3 is 9.32 Å². The average molecular weight is 401 g/mol. The van der Waals surface area contributed by atoms with Crippen molar-refractivity contribution in [2.24, 2.45) is 0 Å². The summed E-state index contributed by atoms with van der Waals surface area (Å²) in [6.45, 7) is 6.17. The van der Waals surface area contributed by atoms with Gasteiger partial charge in [-0.15, -0.1) is 0 Å². The van der Waals surface area contributed by atoms with E-state index >= 15 is 0 Å². The first kappa shape index (κ1) is 17.7. The molecule has 152 valence electrons. The number of aromatic nitrogens is 3. The van der Waals surface area contributed by atoms with Gasteiger partial charge in [-0.25, -0.2) is 9.97 Å². The van der Waals surface area contributed by atoms with Gasteiger partial charge in [-0.3, -0.25) is 14.1 Å². The number of piperazine rings is 1. The van der Waals surface area contributed by atoms with Gasteiger partial charge in [0.2, 0.25) is 0 Å². The molecule has 0 radical (unpaired) electrons. The van der Waals surface area contributed by atoms with Gasteiger partial charge in [-0.1, -0.05) is 6.07 Å². The largest absolute Gasteiger partial charge is 0.441 e. The summed E-state index contributed by atoms with van der Waals surface area (Å²) in [5.74, 6) is 0.625. The number of oxazole rings is 1. The van der Waals surface area contributed by atoms with E-state index in [4.69, 9.17) is 9.40 Å². The van der Waals surface area contributed by atoms with Gasteiger partial charge in [-0.2, -0.15) is 0 Å². The molecule has 0 saturated carbocycles. The minimum atomic E-state index is -0.0785. The van der Waals surface area contributed by atoms with E-state index < -0.39 is 0 Å². The van der Waals surface area contributed by atoms with Crippen LogP contribution in [0.4, 0.5) is 5.69 Å². The monoisotopic (exact) mass is 401 g/mol. The highest BCUT2D eigenvalue weighted by atomic mass is 16.3. The molecule has 2 aliphatic heterocycles. The van der Waals surface area contributed by atoms with Crippen molar-refractivity contribution in [3.8, 4) is 11.3 Å². The van der Waals surface area contributed by atoms with Gasteiger partial charge in [0.1, 0.15) is 11.2 Å². The molecule has 5 heterocycles. The van der Waals surface area contributed by atoms with Crippen molar-refractivity contribution >= 4 is 22.4 Å². The third-order valence-corrected chi connectivity index (χ3v) is 6.39. The Kier molecular flexibility index (Phi) is 3.92. The summed E-state index contributed by atoms with van der Waals surface area (Å²) in [4.78, 5) is 27.0. The number of hydrogen-bond donors (Lipinski definition) is 0. The average Bonchev–Trinajstić information content (AvgIpc) is 3.37. The second kappa shape index (κ2) is 6.67. The molecule has 1 atom stereocenters. The fraction of sp³-hybridized carbons (Fsp3) is 0.348. The fourth-order valence-electron chi connectivity index (χ4n) is 4.85. The maximum absolute atomic E-state index is 12.9. The first-order chi connectivity index (χ1) is 14.6. The van der Waals surface area contributed by atoms with Crippen LogP contribution >= 0.6 is 0 Å².